The number of hydrogen-bond donors (Lipinski definition) is 1. The van der Waals surface area contributed by atoms with Crippen molar-refractivity contribution in [1.29, 1.82) is 0 Å². The molecule has 104 valence electrons. The van der Waals surface area contributed by atoms with Gasteiger partial charge >= 0.3 is 0 Å². The van der Waals surface area contributed by atoms with E-state index in [2.05, 4.69) is 0 Å². The van der Waals surface area contributed by atoms with Gasteiger partial charge in [0, 0.05) is 18.0 Å². The van der Waals surface area contributed by atoms with Crippen LogP contribution < -0.4 is 10.5 Å². The molecule has 2 nitrogen and oxygen atoms in total. The summed E-state index contributed by atoms with van der Waals surface area (Å²) in [5.74, 6) is -3.34. The molecule has 1 unspecified atom stereocenters. The predicted octanol–water partition coefficient (Wildman–Crippen LogP) is 3.63. The number of benzene rings is 2. The molecule has 5 heteroatoms. The van der Waals surface area contributed by atoms with Crippen LogP contribution in [0.5, 0.6) is 5.75 Å². The second-order valence-corrected chi connectivity index (χ2v) is 4.79. The Kier molecular flexibility index (Phi) is 3.14. The number of rotatable bonds is 1. The van der Waals surface area contributed by atoms with E-state index < -0.39 is 23.6 Å². The van der Waals surface area contributed by atoms with Crippen LogP contribution in [0.4, 0.5) is 13.2 Å². The van der Waals surface area contributed by atoms with Gasteiger partial charge in [0.05, 0.1) is 0 Å². The Labute approximate surface area is 114 Å². The summed E-state index contributed by atoms with van der Waals surface area (Å²) in [4.78, 5) is 0. The fourth-order valence-corrected chi connectivity index (χ4v) is 2.42. The van der Waals surface area contributed by atoms with Crippen molar-refractivity contribution in [3.8, 4) is 5.75 Å². The van der Waals surface area contributed by atoms with Crippen molar-refractivity contribution in [2.75, 3.05) is 0 Å². The van der Waals surface area contributed by atoms with Crippen molar-refractivity contribution in [2.45, 2.75) is 18.6 Å². The maximum atomic E-state index is 13.3. The second-order valence-electron chi connectivity index (χ2n) is 4.79. The van der Waals surface area contributed by atoms with Crippen molar-refractivity contribution in [2.24, 2.45) is 5.73 Å². The van der Waals surface area contributed by atoms with Gasteiger partial charge in [-0.05, 0) is 23.8 Å². The number of fused-ring (bicyclic) bond motifs is 1. The highest BCUT2D eigenvalue weighted by Gasteiger charge is 2.28. The van der Waals surface area contributed by atoms with E-state index in [1.165, 1.54) is 0 Å². The van der Waals surface area contributed by atoms with Gasteiger partial charge in [0.1, 0.15) is 11.9 Å². The summed E-state index contributed by atoms with van der Waals surface area (Å²) in [6, 6.07) is 8.84. The van der Waals surface area contributed by atoms with E-state index in [1.807, 2.05) is 12.1 Å². The lowest BCUT2D eigenvalue weighted by Crippen LogP contribution is -2.24. The van der Waals surface area contributed by atoms with Crippen LogP contribution in [0.25, 0.3) is 0 Å². The van der Waals surface area contributed by atoms with Gasteiger partial charge in [-0.2, -0.15) is 0 Å². The molecule has 1 aliphatic heterocycles. The third-order valence-electron chi connectivity index (χ3n) is 3.43. The van der Waals surface area contributed by atoms with Crippen LogP contribution in [0.3, 0.4) is 0 Å². The second kappa shape index (κ2) is 4.83. The molecule has 1 heterocycles. The van der Waals surface area contributed by atoms with Crippen molar-refractivity contribution >= 4 is 0 Å². The minimum Gasteiger partial charge on any atom is -0.485 e. The lowest BCUT2D eigenvalue weighted by molar-refractivity contribution is 0.160. The first-order chi connectivity index (χ1) is 9.56. The molecular weight excluding hydrogens is 267 g/mol. The van der Waals surface area contributed by atoms with Crippen LogP contribution >= 0.6 is 0 Å². The quantitative estimate of drug-likeness (QED) is 0.809. The van der Waals surface area contributed by atoms with Gasteiger partial charge in [-0.15, -0.1) is 0 Å². The molecule has 0 amide bonds. The fourth-order valence-electron chi connectivity index (χ4n) is 2.42. The van der Waals surface area contributed by atoms with Crippen LogP contribution in [0.15, 0.2) is 36.4 Å². The van der Waals surface area contributed by atoms with E-state index in [9.17, 15) is 13.2 Å². The summed E-state index contributed by atoms with van der Waals surface area (Å²) >= 11 is 0. The first-order valence-electron chi connectivity index (χ1n) is 6.22. The summed E-state index contributed by atoms with van der Waals surface area (Å²) in [5, 5.41) is 0. The van der Waals surface area contributed by atoms with Crippen molar-refractivity contribution in [3.05, 3.63) is 65.0 Å². The largest absolute Gasteiger partial charge is 0.485 e. The molecule has 2 N–H and O–H groups in total. The van der Waals surface area contributed by atoms with Crippen molar-refractivity contribution < 1.29 is 17.9 Å². The van der Waals surface area contributed by atoms with Crippen LogP contribution in [0.1, 0.15) is 29.7 Å². The van der Waals surface area contributed by atoms with Gasteiger partial charge in [-0.3, -0.25) is 0 Å². The fraction of sp³-hybridized carbons (Fsp3) is 0.200. The van der Waals surface area contributed by atoms with E-state index >= 15 is 0 Å². The van der Waals surface area contributed by atoms with Gasteiger partial charge in [-0.1, -0.05) is 18.2 Å². The standard InChI is InChI=1S/C15H12F3NO/c16-10-5-8(6-11(17)15(10)18)14-7-12(19)9-3-1-2-4-13(9)20-14/h1-6,12,14H,7,19H2/t12-,14?/m0/s1. The lowest BCUT2D eigenvalue weighted by atomic mass is 9.93. The predicted molar refractivity (Wildman–Crippen MR) is 67.7 cm³/mol. The lowest BCUT2D eigenvalue weighted by Gasteiger charge is -2.30. The molecule has 0 aromatic heterocycles. The molecule has 20 heavy (non-hydrogen) atoms. The van der Waals surface area contributed by atoms with Crippen molar-refractivity contribution in [3.63, 3.8) is 0 Å². The van der Waals surface area contributed by atoms with Gasteiger partial charge in [0.25, 0.3) is 0 Å². The third kappa shape index (κ3) is 2.14. The van der Waals surface area contributed by atoms with Gasteiger partial charge in [0.2, 0.25) is 0 Å². The van der Waals surface area contributed by atoms with E-state index in [1.54, 1.807) is 12.1 Å². The monoisotopic (exact) mass is 279 g/mol. The minimum atomic E-state index is -1.48. The molecule has 2 aromatic carbocycles. The SMILES string of the molecule is N[C@H]1CC(c2cc(F)c(F)c(F)c2)Oc2ccccc21. The Morgan fingerprint density at radius 2 is 1.70 bits per heavy atom. The average Bonchev–Trinajstić information content (AvgIpc) is 2.44. The first kappa shape index (κ1) is 13.0. The summed E-state index contributed by atoms with van der Waals surface area (Å²) in [5.41, 5.74) is 7.13. The van der Waals surface area contributed by atoms with E-state index in [-0.39, 0.29) is 11.6 Å². The Morgan fingerprint density at radius 1 is 1.05 bits per heavy atom. The molecule has 1 aliphatic rings. The summed E-state index contributed by atoms with van der Waals surface area (Å²) in [7, 11) is 0. The normalized spacial score (nSPS) is 21.2. The van der Waals surface area contributed by atoms with Crippen LogP contribution in [-0.4, -0.2) is 0 Å². The molecule has 2 atom stereocenters. The topological polar surface area (TPSA) is 35.2 Å². The molecule has 3 rings (SSSR count). The van der Waals surface area contributed by atoms with Gasteiger partial charge in [0.15, 0.2) is 17.5 Å². The molecule has 0 spiro atoms. The van der Waals surface area contributed by atoms with Crippen LogP contribution in [-0.2, 0) is 0 Å². The maximum Gasteiger partial charge on any atom is 0.194 e. The van der Waals surface area contributed by atoms with Crippen LogP contribution in [0.2, 0.25) is 0 Å². The molecule has 0 saturated carbocycles. The molecule has 0 fully saturated rings. The summed E-state index contributed by atoms with van der Waals surface area (Å²) < 4.78 is 45.3. The summed E-state index contributed by atoms with van der Waals surface area (Å²) in [6.45, 7) is 0. The summed E-state index contributed by atoms with van der Waals surface area (Å²) in [6.07, 6.45) is -0.217. The minimum absolute atomic E-state index is 0.242. The van der Waals surface area contributed by atoms with E-state index in [0.717, 1.165) is 17.7 Å². The molecule has 0 aliphatic carbocycles. The van der Waals surface area contributed by atoms with Crippen molar-refractivity contribution in [1.82, 2.24) is 0 Å². The highest BCUT2D eigenvalue weighted by Crippen LogP contribution is 2.39. The van der Waals surface area contributed by atoms with E-state index in [0.29, 0.717) is 12.2 Å². The Balaban J connectivity index is 1.98. The molecule has 2 aromatic rings. The van der Waals surface area contributed by atoms with Gasteiger partial charge < -0.3 is 10.5 Å². The average molecular weight is 279 g/mol. The van der Waals surface area contributed by atoms with E-state index in [4.69, 9.17) is 10.5 Å². The number of nitrogens with two attached hydrogens (primary N) is 1. The first-order valence-corrected chi connectivity index (χ1v) is 6.22. The third-order valence-corrected chi connectivity index (χ3v) is 3.43. The molecular formula is C15H12F3NO. The smallest absolute Gasteiger partial charge is 0.194 e. The number of ether oxygens (including phenoxy) is 1. The zero-order valence-corrected chi connectivity index (χ0v) is 10.4. The zero-order valence-electron chi connectivity index (χ0n) is 10.4. The Morgan fingerprint density at radius 3 is 2.40 bits per heavy atom. The number of para-hydroxylation sites is 1. The molecule has 0 saturated heterocycles. The highest BCUT2D eigenvalue weighted by atomic mass is 19.2. The Hall–Kier alpha value is -2.01. The van der Waals surface area contributed by atoms with Crippen LogP contribution in [0, 0.1) is 17.5 Å². The van der Waals surface area contributed by atoms with Gasteiger partial charge in [-0.25, -0.2) is 13.2 Å². The zero-order chi connectivity index (χ0) is 14.3. The highest BCUT2D eigenvalue weighted by molar-refractivity contribution is 5.39. The molecule has 0 radical (unpaired) electrons. The molecule has 0 bridgehead atoms. The maximum absolute atomic E-state index is 13.3. The number of hydrogen-bond acceptors (Lipinski definition) is 2. The number of halogens is 3. The Bertz CT molecular complexity index is 636.